The summed E-state index contributed by atoms with van der Waals surface area (Å²) in [5.74, 6) is -4.73. The number of anilines is 1. The molecule has 2 aromatic rings. The lowest BCUT2D eigenvalue weighted by Crippen LogP contribution is -2.49. The lowest BCUT2D eigenvalue weighted by molar-refractivity contribution is -0.137. The Labute approximate surface area is 203 Å². The number of guanidine groups is 1. The van der Waals surface area contributed by atoms with E-state index in [2.05, 4.69) is 0 Å². The number of nitrogens with one attached hydrogen (secondary N) is 1. The summed E-state index contributed by atoms with van der Waals surface area (Å²) in [7, 11) is -4.82. The molecular formula is C21H21F4N5O5S. The Bertz CT molecular complexity index is 1280. The van der Waals surface area contributed by atoms with Crippen molar-refractivity contribution in [2.24, 2.45) is 5.73 Å². The summed E-state index contributed by atoms with van der Waals surface area (Å²) in [6, 6.07) is 7.44. The zero-order valence-electron chi connectivity index (χ0n) is 18.5. The van der Waals surface area contributed by atoms with Gasteiger partial charge in [-0.05, 0) is 42.5 Å². The Hall–Kier alpha value is -3.72. The van der Waals surface area contributed by atoms with E-state index in [1.807, 2.05) is 0 Å². The summed E-state index contributed by atoms with van der Waals surface area (Å²) in [6.45, 7) is 0.235. The van der Waals surface area contributed by atoms with Crippen LogP contribution >= 0.6 is 0 Å². The molecule has 15 heteroatoms. The summed E-state index contributed by atoms with van der Waals surface area (Å²) in [4.78, 5) is 28.1. The molecule has 0 spiro atoms. The first-order valence-corrected chi connectivity index (χ1v) is 11.9. The van der Waals surface area contributed by atoms with Gasteiger partial charge < -0.3 is 15.5 Å². The second-order valence-electron chi connectivity index (χ2n) is 7.85. The molecule has 36 heavy (non-hydrogen) atoms. The fourth-order valence-corrected chi connectivity index (χ4v) is 4.24. The van der Waals surface area contributed by atoms with Crippen molar-refractivity contribution >= 4 is 33.6 Å². The lowest BCUT2D eigenvalue weighted by Gasteiger charge is -2.37. The normalized spacial score (nSPS) is 14.5. The third-order valence-corrected chi connectivity index (χ3v) is 5.96. The molecule has 0 bridgehead atoms. The van der Waals surface area contributed by atoms with E-state index >= 15 is 0 Å². The first-order chi connectivity index (χ1) is 16.7. The Morgan fingerprint density at radius 1 is 1.03 bits per heavy atom. The van der Waals surface area contributed by atoms with Crippen molar-refractivity contribution in [1.82, 2.24) is 9.80 Å². The first-order valence-electron chi connectivity index (χ1n) is 10.3. The number of benzene rings is 2. The number of amides is 2. The van der Waals surface area contributed by atoms with E-state index in [9.17, 15) is 35.6 Å². The molecule has 0 saturated carbocycles. The standard InChI is InChI=1S/C21H21F4N5O5S/c22-15-4-1-13(2-5-15)18(31)29-9-7-28(8-10-29)17-6-3-14(11-16(17)21(23,24)25)19(32)30(20(26)27)12-36(33,34)35/h1-6,11H,7-10,12H2,(H3,26,27)(H,33,34,35). The van der Waals surface area contributed by atoms with Crippen LogP contribution in [0.4, 0.5) is 23.2 Å². The SMILES string of the molecule is N=C(N)N(CS(=O)(=O)O)C(=O)c1ccc(N2CCN(C(=O)c3ccc(F)cc3)CC2)c(C(F)(F)F)c1. The predicted molar refractivity (Wildman–Crippen MR) is 120 cm³/mol. The van der Waals surface area contributed by atoms with Gasteiger partial charge in [0.05, 0.1) is 5.56 Å². The van der Waals surface area contributed by atoms with Crippen molar-refractivity contribution in [3.8, 4) is 0 Å². The number of rotatable bonds is 5. The van der Waals surface area contributed by atoms with Gasteiger partial charge in [0.15, 0.2) is 11.8 Å². The van der Waals surface area contributed by atoms with Crippen LogP contribution in [0.3, 0.4) is 0 Å². The van der Waals surface area contributed by atoms with Gasteiger partial charge in [0.1, 0.15) is 5.82 Å². The topological polar surface area (TPSA) is 148 Å². The maximum Gasteiger partial charge on any atom is 0.418 e. The second-order valence-corrected chi connectivity index (χ2v) is 9.27. The van der Waals surface area contributed by atoms with Crippen LogP contribution in [0.2, 0.25) is 0 Å². The average Bonchev–Trinajstić information content (AvgIpc) is 2.80. The fraction of sp³-hybridized carbons (Fsp3) is 0.286. The van der Waals surface area contributed by atoms with Crippen LogP contribution in [-0.4, -0.2) is 72.6 Å². The van der Waals surface area contributed by atoms with Crippen LogP contribution in [0.25, 0.3) is 0 Å². The smallest absolute Gasteiger partial charge is 0.370 e. The molecule has 0 aromatic heterocycles. The van der Waals surface area contributed by atoms with E-state index in [-0.39, 0.29) is 42.3 Å². The van der Waals surface area contributed by atoms with Crippen LogP contribution in [-0.2, 0) is 16.3 Å². The van der Waals surface area contributed by atoms with Gasteiger partial charge in [-0.1, -0.05) is 0 Å². The number of piperazine rings is 1. The van der Waals surface area contributed by atoms with Gasteiger partial charge in [0.2, 0.25) is 0 Å². The molecule has 10 nitrogen and oxygen atoms in total. The number of nitrogens with zero attached hydrogens (tertiary/aromatic N) is 3. The monoisotopic (exact) mass is 531 g/mol. The molecule has 0 unspecified atom stereocenters. The first kappa shape index (κ1) is 26.9. The minimum atomic E-state index is -4.91. The predicted octanol–water partition coefficient (Wildman–Crippen LogP) is 1.99. The van der Waals surface area contributed by atoms with E-state index in [1.165, 1.54) is 21.9 Å². The number of hydrogen-bond donors (Lipinski definition) is 3. The van der Waals surface area contributed by atoms with Gasteiger partial charge in [0.25, 0.3) is 21.9 Å². The zero-order valence-corrected chi connectivity index (χ0v) is 19.3. The van der Waals surface area contributed by atoms with Crippen LogP contribution in [0.1, 0.15) is 26.3 Å². The molecule has 2 amide bonds. The van der Waals surface area contributed by atoms with E-state index < -0.39 is 56.9 Å². The third-order valence-electron chi connectivity index (χ3n) is 5.38. The van der Waals surface area contributed by atoms with Crippen LogP contribution < -0.4 is 10.6 Å². The van der Waals surface area contributed by atoms with Gasteiger partial charge in [0, 0.05) is 43.0 Å². The fourth-order valence-electron chi connectivity index (χ4n) is 3.65. The Morgan fingerprint density at radius 2 is 1.58 bits per heavy atom. The summed E-state index contributed by atoms with van der Waals surface area (Å²) in [5.41, 5.74) is 3.35. The molecule has 1 saturated heterocycles. The molecule has 1 fully saturated rings. The van der Waals surface area contributed by atoms with Crippen LogP contribution in [0.5, 0.6) is 0 Å². The number of hydrogen-bond acceptors (Lipinski definition) is 6. The molecule has 0 radical (unpaired) electrons. The maximum absolute atomic E-state index is 13.9. The van der Waals surface area contributed by atoms with Crippen molar-refractivity contribution in [2.75, 3.05) is 37.0 Å². The zero-order chi connectivity index (χ0) is 26.8. The third kappa shape index (κ3) is 6.28. The number of alkyl halides is 3. The quantitative estimate of drug-likeness (QED) is 0.231. The summed E-state index contributed by atoms with van der Waals surface area (Å²) in [6.07, 6.45) is -4.91. The molecule has 0 atom stereocenters. The molecule has 2 aromatic carbocycles. The highest BCUT2D eigenvalue weighted by Gasteiger charge is 2.37. The summed E-state index contributed by atoms with van der Waals surface area (Å²) >= 11 is 0. The highest BCUT2D eigenvalue weighted by atomic mass is 32.2. The molecule has 4 N–H and O–H groups in total. The van der Waals surface area contributed by atoms with E-state index in [0.29, 0.717) is 6.07 Å². The van der Waals surface area contributed by atoms with Gasteiger partial charge >= 0.3 is 6.18 Å². The molecule has 0 aliphatic carbocycles. The number of halogens is 4. The van der Waals surface area contributed by atoms with Gasteiger partial charge in [-0.15, -0.1) is 0 Å². The minimum absolute atomic E-state index is 0.0334. The molecule has 1 aliphatic heterocycles. The van der Waals surface area contributed by atoms with Crippen molar-refractivity contribution in [3.05, 3.63) is 65.0 Å². The highest BCUT2D eigenvalue weighted by Crippen LogP contribution is 2.38. The highest BCUT2D eigenvalue weighted by molar-refractivity contribution is 7.85. The summed E-state index contributed by atoms with van der Waals surface area (Å²) in [5, 5.41) is 7.34. The minimum Gasteiger partial charge on any atom is -0.370 e. The van der Waals surface area contributed by atoms with Gasteiger partial charge in [-0.3, -0.25) is 24.5 Å². The van der Waals surface area contributed by atoms with Crippen molar-refractivity contribution < 1.29 is 40.1 Å². The Morgan fingerprint density at radius 3 is 2.08 bits per heavy atom. The molecule has 1 aliphatic rings. The number of carbonyl (C=O) groups excluding carboxylic acids is 2. The van der Waals surface area contributed by atoms with Gasteiger partial charge in [-0.2, -0.15) is 21.6 Å². The maximum atomic E-state index is 13.9. The largest absolute Gasteiger partial charge is 0.418 e. The second kappa shape index (κ2) is 10.1. The summed E-state index contributed by atoms with van der Waals surface area (Å²) < 4.78 is 86.0. The van der Waals surface area contributed by atoms with Crippen molar-refractivity contribution in [1.29, 1.82) is 5.41 Å². The lowest BCUT2D eigenvalue weighted by atomic mass is 10.0. The van der Waals surface area contributed by atoms with E-state index in [4.69, 9.17) is 15.7 Å². The van der Waals surface area contributed by atoms with Crippen LogP contribution in [0.15, 0.2) is 42.5 Å². The number of carbonyl (C=O) groups is 2. The molecule has 194 valence electrons. The van der Waals surface area contributed by atoms with Crippen LogP contribution in [0, 0.1) is 11.2 Å². The molecular weight excluding hydrogens is 510 g/mol. The van der Waals surface area contributed by atoms with Gasteiger partial charge in [-0.25, -0.2) is 4.39 Å². The van der Waals surface area contributed by atoms with E-state index in [1.54, 1.807) is 0 Å². The Kier molecular flexibility index (Phi) is 7.54. The molecule has 3 rings (SSSR count). The van der Waals surface area contributed by atoms with E-state index in [0.717, 1.165) is 24.3 Å². The van der Waals surface area contributed by atoms with Crippen molar-refractivity contribution in [3.63, 3.8) is 0 Å². The Balaban J connectivity index is 1.83. The van der Waals surface area contributed by atoms with Crippen molar-refractivity contribution in [2.45, 2.75) is 6.18 Å². The average molecular weight is 531 g/mol. The molecule has 1 heterocycles. The number of nitrogens with two attached hydrogens (primary N) is 1.